The Labute approximate surface area is 82.6 Å². The summed E-state index contributed by atoms with van der Waals surface area (Å²) >= 11 is 0. The van der Waals surface area contributed by atoms with Gasteiger partial charge in [0.25, 0.3) is 0 Å². The molecular weight excluding hydrogens is 208 g/mol. The van der Waals surface area contributed by atoms with Crippen LogP contribution in [0.2, 0.25) is 0 Å². The Bertz CT molecular complexity index is 330. The highest BCUT2D eigenvalue weighted by atomic mass is 32.2. The number of nitriles is 1. The van der Waals surface area contributed by atoms with Crippen LogP contribution in [-0.2, 0) is 14.8 Å². The number of hydrogen-bond donors (Lipinski definition) is 2. The normalized spacial score (nSPS) is 13.1. The first kappa shape index (κ1) is 12.9. The Hall–Kier alpha value is -1.13. The minimum atomic E-state index is -3.58. The van der Waals surface area contributed by atoms with Crippen LogP contribution < -0.4 is 4.72 Å². The van der Waals surface area contributed by atoms with E-state index in [-0.39, 0.29) is 12.8 Å². The summed E-state index contributed by atoms with van der Waals surface area (Å²) in [5, 5.41) is 16.5. The quantitative estimate of drug-likeness (QED) is 0.638. The number of nitrogens with zero attached hydrogens (tertiary/aromatic N) is 1. The lowest BCUT2D eigenvalue weighted by molar-refractivity contribution is -0.137. The number of sulfonamides is 1. The average Bonchev–Trinajstić information content (AvgIpc) is 1.99. The SMILES string of the molecule is CC(CCC(=O)O)NS(=O)(=O)CC#N. The second kappa shape index (κ2) is 5.57. The summed E-state index contributed by atoms with van der Waals surface area (Å²) in [5.41, 5.74) is 0. The highest BCUT2D eigenvalue weighted by Gasteiger charge is 2.14. The van der Waals surface area contributed by atoms with E-state index in [9.17, 15) is 13.2 Å². The molecule has 0 rings (SSSR count). The summed E-state index contributed by atoms with van der Waals surface area (Å²) in [4.78, 5) is 10.2. The molecule has 1 unspecified atom stereocenters. The van der Waals surface area contributed by atoms with Crippen LogP contribution in [0.3, 0.4) is 0 Å². The van der Waals surface area contributed by atoms with Gasteiger partial charge in [-0.15, -0.1) is 0 Å². The van der Waals surface area contributed by atoms with Gasteiger partial charge in [0.15, 0.2) is 5.75 Å². The van der Waals surface area contributed by atoms with E-state index >= 15 is 0 Å². The lowest BCUT2D eigenvalue weighted by Gasteiger charge is -2.10. The highest BCUT2D eigenvalue weighted by molar-refractivity contribution is 7.89. The van der Waals surface area contributed by atoms with Gasteiger partial charge in [0.2, 0.25) is 10.0 Å². The van der Waals surface area contributed by atoms with E-state index in [0.717, 1.165) is 0 Å². The maximum atomic E-state index is 11.0. The molecule has 0 radical (unpaired) electrons. The average molecular weight is 220 g/mol. The molecule has 0 aliphatic rings. The minimum absolute atomic E-state index is 0.101. The van der Waals surface area contributed by atoms with Crippen molar-refractivity contribution < 1.29 is 18.3 Å². The van der Waals surface area contributed by atoms with Gasteiger partial charge in [0.05, 0.1) is 6.07 Å². The number of carboxylic acid groups (broad SMARTS) is 1. The van der Waals surface area contributed by atoms with Crippen LogP contribution in [-0.4, -0.2) is 31.3 Å². The molecule has 0 spiro atoms. The van der Waals surface area contributed by atoms with E-state index in [4.69, 9.17) is 10.4 Å². The van der Waals surface area contributed by atoms with Crippen molar-refractivity contribution in [1.29, 1.82) is 5.26 Å². The second-order valence-corrected chi connectivity index (χ2v) is 4.62. The number of rotatable bonds is 6. The van der Waals surface area contributed by atoms with Crippen LogP contribution in [0.5, 0.6) is 0 Å². The predicted octanol–water partition coefficient (Wildman–Crippen LogP) is -0.317. The molecule has 0 aromatic carbocycles. The van der Waals surface area contributed by atoms with Crippen LogP contribution in [0.15, 0.2) is 0 Å². The van der Waals surface area contributed by atoms with E-state index in [1.807, 2.05) is 0 Å². The zero-order chi connectivity index (χ0) is 11.2. The number of carboxylic acids is 1. The van der Waals surface area contributed by atoms with E-state index in [1.54, 1.807) is 6.92 Å². The van der Waals surface area contributed by atoms with Gasteiger partial charge in [-0.25, -0.2) is 13.1 Å². The van der Waals surface area contributed by atoms with Crippen molar-refractivity contribution in [1.82, 2.24) is 4.72 Å². The molecule has 6 nitrogen and oxygen atoms in total. The van der Waals surface area contributed by atoms with Crippen LogP contribution in [0.25, 0.3) is 0 Å². The molecule has 0 saturated carbocycles. The first-order valence-corrected chi connectivity index (χ1v) is 5.61. The number of aliphatic carboxylic acids is 1. The van der Waals surface area contributed by atoms with Gasteiger partial charge in [-0.2, -0.15) is 5.26 Å². The van der Waals surface area contributed by atoms with Crippen LogP contribution in [0, 0.1) is 11.3 Å². The summed E-state index contributed by atoms with van der Waals surface area (Å²) in [6, 6.07) is 1.04. The van der Waals surface area contributed by atoms with Gasteiger partial charge in [0, 0.05) is 12.5 Å². The smallest absolute Gasteiger partial charge is 0.303 e. The Morgan fingerprint density at radius 2 is 2.21 bits per heavy atom. The fourth-order valence-electron chi connectivity index (χ4n) is 0.832. The number of hydrogen-bond acceptors (Lipinski definition) is 4. The zero-order valence-electron chi connectivity index (χ0n) is 7.73. The third-order valence-corrected chi connectivity index (χ3v) is 2.70. The molecule has 80 valence electrons. The van der Waals surface area contributed by atoms with Crippen LogP contribution in [0.4, 0.5) is 0 Å². The molecule has 0 aromatic rings. The van der Waals surface area contributed by atoms with E-state index in [1.165, 1.54) is 6.07 Å². The monoisotopic (exact) mass is 220 g/mol. The summed E-state index contributed by atoms with van der Waals surface area (Å²) in [5.74, 6) is -1.58. The molecule has 0 amide bonds. The number of carbonyl (C=O) groups is 1. The summed E-state index contributed by atoms with van der Waals surface area (Å²) in [7, 11) is -3.58. The standard InChI is InChI=1S/C7H12N2O4S/c1-6(2-3-7(10)11)9-14(12,13)5-4-8/h6,9H,2-3,5H2,1H3,(H,10,11). The molecule has 0 fully saturated rings. The Kier molecular flexibility index (Phi) is 5.12. The molecule has 0 bridgehead atoms. The predicted molar refractivity (Wildman–Crippen MR) is 48.9 cm³/mol. The fraction of sp³-hybridized carbons (Fsp3) is 0.714. The van der Waals surface area contributed by atoms with E-state index < -0.39 is 27.8 Å². The lowest BCUT2D eigenvalue weighted by atomic mass is 10.2. The Morgan fingerprint density at radius 3 is 2.64 bits per heavy atom. The third-order valence-electron chi connectivity index (χ3n) is 1.43. The van der Waals surface area contributed by atoms with E-state index in [2.05, 4.69) is 4.72 Å². The molecule has 2 N–H and O–H groups in total. The summed E-state index contributed by atoms with van der Waals surface area (Å²) in [6.45, 7) is 1.55. The van der Waals surface area contributed by atoms with E-state index in [0.29, 0.717) is 0 Å². The zero-order valence-corrected chi connectivity index (χ0v) is 8.54. The van der Waals surface area contributed by atoms with Crippen molar-refractivity contribution in [3.8, 4) is 6.07 Å². The molecule has 0 heterocycles. The van der Waals surface area contributed by atoms with Crippen molar-refractivity contribution in [2.24, 2.45) is 0 Å². The molecule has 1 atom stereocenters. The topological polar surface area (TPSA) is 107 Å². The maximum Gasteiger partial charge on any atom is 0.303 e. The van der Waals surface area contributed by atoms with Crippen LogP contribution >= 0.6 is 0 Å². The summed E-state index contributed by atoms with van der Waals surface area (Å²) in [6.07, 6.45) is 0.107. The highest BCUT2D eigenvalue weighted by Crippen LogP contribution is 1.98. The summed E-state index contributed by atoms with van der Waals surface area (Å²) < 4.78 is 24.2. The molecule has 0 saturated heterocycles. The van der Waals surface area contributed by atoms with Crippen molar-refractivity contribution in [2.45, 2.75) is 25.8 Å². The maximum absolute atomic E-state index is 11.0. The molecule has 14 heavy (non-hydrogen) atoms. The largest absolute Gasteiger partial charge is 0.481 e. The van der Waals surface area contributed by atoms with Gasteiger partial charge in [0.1, 0.15) is 0 Å². The van der Waals surface area contributed by atoms with Gasteiger partial charge >= 0.3 is 5.97 Å². The van der Waals surface area contributed by atoms with Gasteiger partial charge in [-0.1, -0.05) is 0 Å². The third kappa shape index (κ3) is 6.39. The van der Waals surface area contributed by atoms with Gasteiger partial charge in [-0.05, 0) is 13.3 Å². The van der Waals surface area contributed by atoms with Crippen molar-refractivity contribution in [2.75, 3.05) is 5.75 Å². The molecule has 0 aromatic heterocycles. The Balaban J connectivity index is 4.01. The molecule has 0 aliphatic heterocycles. The van der Waals surface area contributed by atoms with Crippen molar-refractivity contribution in [3.63, 3.8) is 0 Å². The van der Waals surface area contributed by atoms with Crippen molar-refractivity contribution in [3.05, 3.63) is 0 Å². The van der Waals surface area contributed by atoms with Gasteiger partial charge < -0.3 is 5.11 Å². The van der Waals surface area contributed by atoms with Gasteiger partial charge in [-0.3, -0.25) is 4.79 Å². The second-order valence-electron chi connectivity index (χ2n) is 2.87. The first-order chi connectivity index (χ1) is 6.37. The lowest BCUT2D eigenvalue weighted by Crippen LogP contribution is -2.34. The molecular formula is C7H12N2O4S. The molecule has 0 aliphatic carbocycles. The minimum Gasteiger partial charge on any atom is -0.481 e. The fourth-order valence-corrected chi connectivity index (χ4v) is 1.82. The Morgan fingerprint density at radius 1 is 1.64 bits per heavy atom. The first-order valence-electron chi connectivity index (χ1n) is 3.96. The molecule has 7 heteroatoms. The van der Waals surface area contributed by atoms with Crippen molar-refractivity contribution >= 4 is 16.0 Å². The number of nitrogens with one attached hydrogen (secondary N) is 1. The van der Waals surface area contributed by atoms with Crippen LogP contribution in [0.1, 0.15) is 19.8 Å².